The van der Waals surface area contributed by atoms with Crippen LogP contribution in [0.5, 0.6) is 0 Å². The summed E-state index contributed by atoms with van der Waals surface area (Å²) >= 11 is 0. The number of carbonyl (C=O) groups excluding carboxylic acids is 2. The summed E-state index contributed by atoms with van der Waals surface area (Å²) in [6, 6.07) is 3.16. The number of ether oxygens (including phenoxy) is 1. The minimum atomic E-state index is -1.41. The monoisotopic (exact) mass is 376 g/mol. The van der Waals surface area contributed by atoms with Crippen molar-refractivity contribution in [1.29, 1.82) is 0 Å². The average molecular weight is 376 g/mol. The highest BCUT2D eigenvalue weighted by molar-refractivity contribution is 5.90. The summed E-state index contributed by atoms with van der Waals surface area (Å²) in [5.74, 6) is -0.927. The van der Waals surface area contributed by atoms with Crippen LogP contribution in [0.3, 0.4) is 0 Å². The molecule has 3 rings (SSSR count). The predicted octanol–water partition coefficient (Wildman–Crippen LogP) is 2.09. The number of benzene rings is 1. The van der Waals surface area contributed by atoms with Gasteiger partial charge in [0.25, 0.3) is 0 Å². The van der Waals surface area contributed by atoms with E-state index < -0.39 is 29.6 Å². The van der Waals surface area contributed by atoms with Crippen LogP contribution < -0.4 is 10.2 Å². The number of amides is 2. The van der Waals surface area contributed by atoms with E-state index in [9.17, 15) is 18.9 Å². The summed E-state index contributed by atoms with van der Waals surface area (Å²) < 4.78 is 20.0. The van der Waals surface area contributed by atoms with Gasteiger partial charge >= 0.3 is 6.09 Å². The van der Waals surface area contributed by atoms with E-state index in [0.29, 0.717) is 0 Å². The largest absolute Gasteiger partial charge is 0.442 e. The standard InChI is InChI=1S/C16H17FN6O4/c1-9(20-26)16(8-19-22-21-16)13-4-3-11(5-14(13)17)23-7-12(27-15(23)25)6-18-10(2)24/h3-5,8-9,12H,6-7H2,1-2H3,(H,18,24). The van der Waals surface area contributed by atoms with Gasteiger partial charge in [0, 0.05) is 12.5 Å². The van der Waals surface area contributed by atoms with Crippen molar-refractivity contribution in [2.24, 2.45) is 20.6 Å². The molecule has 1 N–H and O–H groups in total. The number of carbonyl (C=O) groups is 2. The third kappa shape index (κ3) is 3.39. The molecule has 0 bridgehead atoms. The van der Waals surface area contributed by atoms with Crippen LogP contribution in [0.1, 0.15) is 19.4 Å². The number of nitrogens with zero attached hydrogens (tertiary/aromatic N) is 5. The van der Waals surface area contributed by atoms with Gasteiger partial charge in [-0.2, -0.15) is 4.91 Å². The number of rotatable bonds is 6. The summed E-state index contributed by atoms with van der Waals surface area (Å²) in [6.45, 7) is 3.18. The molecule has 0 radical (unpaired) electrons. The van der Waals surface area contributed by atoms with E-state index in [-0.39, 0.29) is 30.2 Å². The number of nitrogens with one attached hydrogen (secondary N) is 1. The molecule has 1 saturated heterocycles. The molecule has 2 amide bonds. The molecule has 27 heavy (non-hydrogen) atoms. The van der Waals surface area contributed by atoms with Gasteiger partial charge < -0.3 is 10.1 Å². The lowest BCUT2D eigenvalue weighted by Crippen LogP contribution is -2.36. The fraction of sp³-hybridized carbons (Fsp3) is 0.438. The minimum absolute atomic E-state index is 0.0747. The first-order valence-electron chi connectivity index (χ1n) is 8.19. The normalized spacial score (nSPS) is 24.8. The van der Waals surface area contributed by atoms with Gasteiger partial charge in [-0.15, -0.1) is 10.2 Å². The molecule has 0 aromatic heterocycles. The molecular weight excluding hydrogens is 359 g/mol. The Labute approximate surface area is 153 Å². The lowest BCUT2D eigenvalue weighted by Gasteiger charge is -2.25. The highest BCUT2D eigenvalue weighted by atomic mass is 19.1. The van der Waals surface area contributed by atoms with Crippen LogP contribution in [-0.2, 0) is 15.1 Å². The second-order valence-electron chi connectivity index (χ2n) is 6.26. The molecule has 3 unspecified atom stereocenters. The van der Waals surface area contributed by atoms with Gasteiger partial charge in [0.15, 0.2) is 5.54 Å². The maximum Gasteiger partial charge on any atom is 0.414 e. The molecule has 0 saturated carbocycles. The van der Waals surface area contributed by atoms with Crippen molar-refractivity contribution in [2.75, 3.05) is 18.0 Å². The number of cyclic esters (lactones) is 1. The smallest absolute Gasteiger partial charge is 0.414 e. The van der Waals surface area contributed by atoms with Crippen molar-refractivity contribution < 1.29 is 18.7 Å². The molecule has 11 heteroatoms. The Hall–Kier alpha value is -3.24. The van der Waals surface area contributed by atoms with Gasteiger partial charge in [-0.25, -0.2) is 9.18 Å². The third-order valence-corrected chi connectivity index (χ3v) is 4.46. The quantitative estimate of drug-likeness (QED) is 0.763. The maximum atomic E-state index is 14.8. The summed E-state index contributed by atoms with van der Waals surface area (Å²) in [6.07, 6.45) is 0.0906. The topological polar surface area (TPSA) is 125 Å². The summed E-state index contributed by atoms with van der Waals surface area (Å²) in [5, 5.41) is 16.5. The minimum Gasteiger partial charge on any atom is -0.442 e. The molecule has 1 aromatic carbocycles. The summed E-state index contributed by atoms with van der Waals surface area (Å²) in [7, 11) is 0. The Bertz CT molecular complexity index is 830. The van der Waals surface area contributed by atoms with Crippen LogP contribution in [0.15, 0.2) is 38.8 Å². The Morgan fingerprint density at radius 3 is 2.93 bits per heavy atom. The van der Waals surface area contributed by atoms with E-state index in [1.165, 1.54) is 37.1 Å². The first kappa shape index (κ1) is 18.5. The average Bonchev–Trinajstić information content (AvgIpc) is 3.26. The number of nitroso groups, excluding NO2 is 1. The first-order valence-corrected chi connectivity index (χ1v) is 8.19. The van der Waals surface area contributed by atoms with Crippen molar-refractivity contribution in [1.82, 2.24) is 5.32 Å². The Kier molecular flexibility index (Phi) is 4.93. The van der Waals surface area contributed by atoms with E-state index in [0.717, 1.165) is 6.07 Å². The van der Waals surface area contributed by atoms with Crippen molar-refractivity contribution >= 4 is 23.9 Å². The fourth-order valence-corrected chi connectivity index (χ4v) is 2.95. The molecule has 1 fully saturated rings. The predicted molar refractivity (Wildman–Crippen MR) is 93.0 cm³/mol. The third-order valence-electron chi connectivity index (χ3n) is 4.46. The Morgan fingerprint density at radius 1 is 1.56 bits per heavy atom. The Morgan fingerprint density at radius 2 is 2.33 bits per heavy atom. The second-order valence-corrected chi connectivity index (χ2v) is 6.26. The summed E-state index contributed by atoms with van der Waals surface area (Å²) in [5.41, 5.74) is -1.06. The molecule has 0 spiro atoms. The van der Waals surface area contributed by atoms with Crippen LogP contribution in [0.25, 0.3) is 0 Å². The molecule has 2 aliphatic heterocycles. The van der Waals surface area contributed by atoms with Gasteiger partial charge in [0.2, 0.25) is 5.91 Å². The lowest BCUT2D eigenvalue weighted by atomic mass is 9.85. The SMILES string of the molecule is CC(=O)NCC1CN(c2ccc(C3(C(C)N=O)C=NN=N3)c(F)c2)C(=O)O1. The zero-order valence-corrected chi connectivity index (χ0v) is 14.6. The van der Waals surface area contributed by atoms with Crippen molar-refractivity contribution in [3.63, 3.8) is 0 Å². The van der Waals surface area contributed by atoms with E-state index in [1.807, 2.05) is 0 Å². The van der Waals surface area contributed by atoms with Crippen molar-refractivity contribution in [3.8, 4) is 0 Å². The molecule has 1 aromatic rings. The van der Waals surface area contributed by atoms with E-state index in [4.69, 9.17) is 4.74 Å². The van der Waals surface area contributed by atoms with Gasteiger partial charge in [0.05, 0.1) is 25.0 Å². The fourth-order valence-electron chi connectivity index (χ4n) is 2.95. The molecule has 10 nitrogen and oxygen atoms in total. The van der Waals surface area contributed by atoms with Crippen LogP contribution in [0.2, 0.25) is 0 Å². The number of anilines is 1. The number of hydrogen-bond acceptors (Lipinski definition) is 8. The zero-order valence-electron chi connectivity index (χ0n) is 14.6. The van der Waals surface area contributed by atoms with Crippen LogP contribution in [0, 0.1) is 10.7 Å². The lowest BCUT2D eigenvalue weighted by molar-refractivity contribution is -0.119. The first-order chi connectivity index (χ1) is 12.9. The van der Waals surface area contributed by atoms with E-state index in [2.05, 4.69) is 25.9 Å². The molecular formula is C16H17FN6O4. The van der Waals surface area contributed by atoms with Crippen molar-refractivity contribution in [2.45, 2.75) is 31.5 Å². The van der Waals surface area contributed by atoms with Gasteiger partial charge in [-0.1, -0.05) is 11.2 Å². The molecule has 2 aliphatic rings. The zero-order chi connectivity index (χ0) is 19.6. The van der Waals surface area contributed by atoms with Gasteiger partial charge in [-0.05, 0) is 24.3 Å². The number of hydrogen-bond donors (Lipinski definition) is 1. The number of halogens is 1. The Balaban J connectivity index is 1.84. The summed E-state index contributed by atoms with van der Waals surface area (Å²) in [4.78, 5) is 35.3. The van der Waals surface area contributed by atoms with E-state index in [1.54, 1.807) is 0 Å². The maximum absolute atomic E-state index is 14.8. The van der Waals surface area contributed by atoms with Crippen molar-refractivity contribution in [3.05, 3.63) is 34.5 Å². The van der Waals surface area contributed by atoms with E-state index >= 15 is 0 Å². The van der Waals surface area contributed by atoms with Crippen LogP contribution in [0.4, 0.5) is 14.9 Å². The molecule has 2 heterocycles. The second kappa shape index (κ2) is 7.17. The molecule has 0 aliphatic carbocycles. The molecule has 142 valence electrons. The molecule has 3 atom stereocenters. The van der Waals surface area contributed by atoms with Crippen LogP contribution in [-0.4, -0.2) is 43.5 Å². The highest BCUT2D eigenvalue weighted by Crippen LogP contribution is 2.36. The van der Waals surface area contributed by atoms with Gasteiger partial charge in [-0.3, -0.25) is 9.69 Å². The van der Waals surface area contributed by atoms with Gasteiger partial charge in [0.1, 0.15) is 18.0 Å². The highest BCUT2D eigenvalue weighted by Gasteiger charge is 2.43. The van der Waals surface area contributed by atoms with Crippen LogP contribution >= 0.6 is 0 Å².